The number of hydrogen-bond acceptors (Lipinski definition) is 11. The first kappa shape index (κ1) is 99.5. The molecule has 0 N–H and O–H groups in total. The molecule has 9 nitrogen and oxygen atoms in total. The highest BCUT2D eigenvalue weighted by Gasteiger charge is 2.20. The minimum absolute atomic E-state index is 0. The molecular weight excluding hydrogens is 1410 g/mol. The lowest BCUT2D eigenvalue weighted by Gasteiger charge is -2.29. The minimum atomic E-state index is 0. The van der Waals surface area contributed by atoms with Crippen molar-refractivity contribution in [3.8, 4) is 37.5 Å². The lowest BCUT2D eigenvalue weighted by atomic mass is 9.96. The largest absolute Gasteiger partial charge is 0.373 e. The van der Waals surface area contributed by atoms with Gasteiger partial charge in [-0.1, -0.05) is 221 Å². The van der Waals surface area contributed by atoms with E-state index < -0.39 is 0 Å². The van der Waals surface area contributed by atoms with Crippen LogP contribution in [-0.4, -0.2) is 39.6 Å². The van der Waals surface area contributed by atoms with Gasteiger partial charge in [-0.2, -0.15) is 28.8 Å². The van der Waals surface area contributed by atoms with Crippen LogP contribution in [-0.2, 0) is 48.0 Å². The SMILES string of the molecule is C.C.C#CC.CC.CC.CC.CC.CC.CC.CC.CN1c2ccccc2Cc2ccccc21.CN1c2ccccc2Cc2ccccc21.CN1c2ccccc2Cc2ccccc21.I.O=C=O.O=C=O.O=C=O.SI.SI.[3H]C#C.[3H]C#CC. The van der Waals surface area contributed by atoms with Crippen molar-refractivity contribution in [3.05, 3.63) is 179 Å². The first-order chi connectivity index (χ1) is 40.1. The molecule has 0 saturated carbocycles. The van der Waals surface area contributed by atoms with Crippen molar-refractivity contribution in [3.63, 3.8) is 0 Å². The van der Waals surface area contributed by atoms with Crippen molar-refractivity contribution < 1.29 is 31.5 Å². The summed E-state index contributed by atoms with van der Waals surface area (Å²) >= 11 is 3.69. The van der Waals surface area contributed by atoms with Gasteiger partial charge < -0.3 is 14.7 Å². The van der Waals surface area contributed by atoms with Crippen LogP contribution in [0.4, 0.5) is 34.1 Å². The number of fused-ring (bicyclic) bond motifs is 6. The van der Waals surface area contributed by atoms with Crippen LogP contribution in [0.15, 0.2) is 146 Å². The summed E-state index contributed by atoms with van der Waals surface area (Å²) in [5.74, 6) is 4.60. The standard InChI is InChI=1S/3C14H13N.2C3H4.7C2H6.C2H2.3CO2.2CH4.2HIS.HI/c3*1-15-13-8-4-2-6-11(13)10-12-7-3-5-9-14(12)15;2*1-3-2;8*1-2;3*2-1-3;;;2*1-2;/h3*2-9H,10H2,1H3;2*1H,2H3;7*1-2H3;1-2H;;;;2*1H4;2*2H;1H/i;;;1T;;;;;;;;;1T;;;;;;;;. The Kier molecular flexibility index (Phi) is 102. The number of terminal acetylenes is 3. The van der Waals surface area contributed by atoms with Gasteiger partial charge in [0.05, 0.1) is 0 Å². The van der Waals surface area contributed by atoms with Gasteiger partial charge in [0.1, 0.15) is 2.74 Å². The molecule has 0 aliphatic carbocycles. The summed E-state index contributed by atoms with van der Waals surface area (Å²) in [6, 6.07) is 51.6. The van der Waals surface area contributed by atoms with Crippen molar-refractivity contribution in [2.75, 3.05) is 35.8 Å². The summed E-state index contributed by atoms with van der Waals surface area (Å²) in [5.41, 5.74) is 16.5. The van der Waals surface area contributed by atoms with Gasteiger partial charge in [0.2, 0.25) is 0 Å². The smallest absolute Gasteiger partial charge is 0.344 e. The number of benzene rings is 6. The van der Waals surface area contributed by atoms with Gasteiger partial charge >= 0.3 is 18.5 Å². The van der Waals surface area contributed by atoms with Gasteiger partial charge in [0, 0.05) is 74.5 Å². The first-order valence-corrected chi connectivity index (χ1v) is 32.6. The Labute approximate surface area is 562 Å². The topological polar surface area (TPSA) is 112 Å². The maximum absolute atomic E-state index is 8.12. The number of carbonyl (C=O) groups excluding carboxylic acids is 6. The van der Waals surface area contributed by atoms with E-state index in [1.165, 1.54) is 73.9 Å². The zero-order chi connectivity index (χ0) is 65.7. The molecule has 6 aromatic rings. The average Bonchev–Trinajstić information content (AvgIpc) is 3.75. The highest BCUT2D eigenvalue weighted by atomic mass is 127. The van der Waals surface area contributed by atoms with Crippen LogP contribution in [0.25, 0.3) is 0 Å². The molecule has 3 aliphatic rings. The number of hydrogen-bond donors (Lipinski definition) is 2. The molecule has 9 rings (SSSR count). The van der Waals surface area contributed by atoms with Gasteiger partial charge in [-0.05, 0) is 126 Å². The van der Waals surface area contributed by atoms with Crippen LogP contribution in [0.5, 0.6) is 0 Å². The predicted molar refractivity (Wildman–Crippen MR) is 400 cm³/mol. The molecule has 6 aromatic carbocycles. The fraction of sp³-hybridized carbons (Fsp3) is 0.348. The van der Waals surface area contributed by atoms with Gasteiger partial charge in [-0.15, -0.1) is 81.1 Å². The molecule has 0 amide bonds. The zero-order valence-electron chi connectivity index (χ0n) is 53.5. The summed E-state index contributed by atoms with van der Waals surface area (Å²) in [5, 5.41) is 0. The van der Waals surface area contributed by atoms with Gasteiger partial charge in [0.15, 0.2) is 0 Å². The van der Waals surface area contributed by atoms with Crippen LogP contribution < -0.4 is 14.7 Å². The van der Waals surface area contributed by atoms with E-state index in [0.717, 1.165) is 19.3 Å². The molecule has 3 aliphatic heterocycles. The monoisotopic (exact) mass is 1520 g/mol. The fourth-order valence-corrected chi connectivity index (χ4v) is 6.93. The third-order valence-electron chi connectivity index (χ3n) is 9.26. The number of anilines is 6. The molecule has 0 saturated heterocycles. The lowest BCUT2D eigenvalue weighted by molar-refractivity contribution is -0.193. The summed E-state index contributed by atoms with van der Waals surface area (Å²) in [7, 11) is 13.4. The number of para-hydroxylation sites is 6. The third kappa shape index (κ3) is 45.5. The molecule has 0 spiro atoms. The van der Waals surface area contributed by atoms with E-state index in [0.29, 0.717) is 0 Å². The Hall–Kier alpha value is -5.57. The minimum Gasteiger partial charge on any atom is -0.344 e. The number of nitrogens with zero attached hydrogens (tertiary/aromatic N) is 3. The van der Waals surface area contributed by atoms with Gasteiger partial charge in [-0.3, -0.25) is 0 Å². The summed E-state index contributed by atoms with van der Waals surface area (Å²) in [6.07, 6.45) is 16.2. The van der Waals surface area contributed by atoms with Crippen molar-refractivity contribution in [2.24, 2.45) is 0 Å². The van der Waals surface area contributed by atoms with Crippen LogP contribution in [0.2, 0.25) is 0 Å². The Morgan fingerprint density at radius 3 is 0.566 bits per heavy atom. The maximum Gasteiger partial charge on any atom is 0.373 e. The van der Waals surface area contributed by atoms with Crippen LogP contribution >= 0.6 is 86.0 Å². The molecule has 0 aromatic heterocycles. The molecule has 14 heteroatoms. The van der Waals surface area contributed by atoms with E-state index in [1.54, 1.807) is 13.8 Å². The predicted octanol–water partition coefficient (Wildman–Crippen LogP) is 21.5. The van der Waals surface area contributed by atoms with Crippen molar-refractivity contribution in [1.29, 1.82) is 0 Å². The molecular formula is C69H102I3N3O6S2. The quantitative estimate of drug-likeness (QED) is 0.0872. The van der Waals surface area contributed by atoms with Crippen LogP contribution in [0.3, 0.4) is 0 Å². The van der Waals surface area contributed by atoms with E-state index in [4.69, 9.17) is 31.5 Å². The van der Waals surface area contributed by atoms with E-state index >= 15 is 0 Å². The van der Waals surface area contributed by atoms with Gasteiger partial charge in [-0.25, -0.2) is 0 Å². The zero-order valence-corrected chi connectivity index (χ0v) is 59.9. The summed E-state index contributed by atoms with van der Waals surface area (Å²) in [4.78, 5) is 55.6. The Morgan fingerprint density at radius 1 is 0.373 bits per heavy atom. The molecule has 462 valence electrons. The molecule has 0 bridgehead atoms. The first-order valence-electron chi connectivity index (χ1n) is 27.2. The molecule has 0 unspecified atom stereocenters. The van der Waals surface area contributed by atoms with Crippen molar-refractivity contribution >= 4 is 139 Å². The lowest BCUT2D eigenvalue weighted by Crippen LogP contribution is -2.18. The second-order valence-electron chi connectivity index (χ2n) is 12.8. The Morgan fingerprint density at radius 2 is 0.470 bits per heavy atom. The van der Waals surface area contributed by atoms with Crippen molar-refractivity contribution in [1.82, 2.24) is 0 Å². The normalized spacial score (nSPS) is 8.52. The highest BCUT2D eigenvalue weighted by Crippen LogP contribution is 2.39. The van der Waals surface area contributed by atoms with Gasteiger partial charge in [0.25, 0.3) is 0 Å². The van der Waals surface area contributed by atoms with E-state index in [2.05, 4.69) is 226 Å². The Balaban J connectivity index is -0.0000000727. The van der Waals surface area contributed by atoms with E-state index in [9.17, 15) is 0 Å². The highest BCUT2D eigenvalue weighted by molar-refractivity contribution is 14.2. The second-order valence-corrected chi connectivity index (χ2v) is 12.8. The van der Waals surface area contributed by atoms with Crippen LogP contribution in [0.1, 0.15) is 162 Å². The fourth-order valence-electron chi connectivity index (χ4n) is 6.93. The third-order valence-corrected chi connectivity index (χ3v) is 9.26. The Bertz CT molecular complexity index is 2250. The molecule has 0 radical (unpaired) electrons. The van der Waals surface area contributed by atoms with E-state index in [-0.39, 0.29) is 57.3 Å². The number of halogens is 3. The number of thiol groups is 2. The summed E-state index contributed by atoms with van der Waals surface area (Å²) in [6.45, 7) is 31.3. The maximum atomic E-state index is 8.12. The molecule has 0 atom stereocenters. The van der Waals surface area contributed by atoms with E-state index in [1.807, 2.05) is 146 Å². The molecule has 83 heavy (non-hydrogen) atoms. The summed E-state index contributed by atoms with van der Waals surface area (Å²) < 4.78 is 11.8. The van der Waals surface area contributed by atoms with Crippen molar-refractivity contribution in [2.45, 2.75) is 145 Å². The number of rotatable bonds is 0. The molecule has 3 heterocycles. The molecule has 0 fully saturated rings. The average molecular weight is 1520 g/mol. The second kappa shape index (κ2) is 85.2. The van der Waals surface area contributed by atoms with Crippen LogP contribution in [0, 0.1) is 37.5 Å².